The van der Waals surface area contributed by atoms with E-state index in [-0.39, 0.29) is 5.41 Å². The molecule has 0 saturated carbocycles. The highest BCUT2D eigenvalue weighted by atomic mass is 32.2. The zero-order chi connectivity index (χ0) is 19.9. The molecule has 7 heteroatoms. The van der Waals surface area contributed by atoms with Crippen molar-refractivity contribution >= 4 is 28.9 Å². The monoisotopic (exact) mass is 403 g/mol. The number of anilines is 1. The van der Waals surface area contributed by atoms with Gasteiger partial charge in [0.25, 0.3) is 0 Å². The molecule has 3 heterocycles. The Morgan fingerprint density at radius 1 is 1.25 bits per heavy atom. The van der Waals surface area contributed by atoms with Crippen LogP contribution in [0.2, 0.25) is 0 Å². The van der Waals surface area contributed by atoms with Gasteiger partial charge in [0, 0.05) is 63.5 Å². The number of fused-ring (bicyclic) bond motifs is 1. The molecule has 2 aliphatic heterocycles. The summed E-state index contributed by atoms with van der Waals surface area (Å²) >= 11 is 1.73. The summed E-state index contributed by atoms with van der Waals surface area (Å²) in [7, 11) is 2.11. The number of hydrogen-bond acceptors (Lipinski definition) is 6. The van der Waals surface area contributed by atoms with Gasteiger partial charge in [-0.3, -0.25) is 0 Å². The smallest absolute Gasteiger partial charge is 0.115 e. The van der Waals surface area contributed by atoms with Crippen molar-refractivity contribution in [2.45, 2.75) is 51.6 Å². The van der Waals surface area contributed by atoms with Gasteiger partial charge in [0.05, 0.1) is 16.7 Å². The van der Waals surface area contributed by atoms with Crippen molar-refractivity contribution in [2.75, 3.05) is 37.7 Å². The SMILES string of the molecule is CN(SN1CC(N)C1)c1ccc2c(c1)nc(C(C)(C)C)n2CC1CCOCC1. The van der Waals surface area contributed by atoms with Crippen LogP contribution in [-0.2, 0) is 16.7 Å². The van der Waals surface area contributed by atoms with Gasteiger partial charge in [0.1, 0.15) is 5.82 Å². The largest absolute Gasteiger partial charge is 0.381 e. The van der Waals surface area contributed by atoms with E-state index in [4.69, 9.17) is 15.5 Å². The van der Waals surface area contributed by atoms with Gasteiger partial charge in [-0.15, -0.1) is 0 Å². The molecule has 0 spiro atoms. The minimum absolute atomic E-state index is 0.0127. The zero-order valence-electron chi connectivity index (χ0n) is 17.5. The van der Waals surface area contributed by atoms with Crippen LogP contribution in [0.25, 0.3) is 11.0 Å². The average Bonchev–Trinajstić information content (AvgIpc) is 2.99. The molecule has 2 saturated heterocycles. The molecule has 1 aromatic heterocycles. The molecule has 6 nitrogen and oxygen atoms in total. The molecule has 0 amide bonds. The Morgan fingerprint density at radius 2 is 1.96 bits per heavy atom. The van der Waals surface area contributed by atoms with Crippen LogP contribution in [0.1, 0.15) is 39.4 Å². The van der Waals surface area contributed by atoms with Gasteiger partial charge in [-0.1, -0.05) is 20.8 Å². The summed E-state index contributed by atoms with van der Waals surface area (Å²) in [6, 6.07) is 6.99. The van der Waals surface area contributed by atoms with Gasteiger partial charge in [-0.05, 0) is 37.0 Å². The highest BCUT2D eigenvalue weighted by Gasteiger charge is 2.27. The summed E-state index contributed by atoms with van der Waals surface area (Å²) in [4.78, 5) is 5.08. The number of hydrogen-bond donors (Lipinski definition) is 1. The minimum Gasteiger partial charge on any atom is -0.381 e. The van der Waals surface area contributed by atoms with E-state index in [0.717, 1.165) is 51.2 Å². The van der Waals surface area contributed by atoms with Crippen LogP contribution in [0.5, 0.6) is 0 Å². The van der Waals surface area contributed by atoms with E-state index in [9.17, 15) is 0 Å². The third-order valence-electron chi connectivity index (χ3n) is 5.66. The van der Waals surface area contributed by atoms with Crippen LogP contribution < -0.4 is 10.0 Å². The Labute approximate surface area is 172 Å². The summed E-state index contributed by atoms with van der Waals surface area (Å²) in [6.07, 6.45) is 2.28. The Morgan fingerprint density at radius 3 is 2.61 bits per heavy atom. The molecule has 1 aromatic carbocycles. The quantitative estimate of drug-likeness (QED) is 0.772. The second-order valence-corrected chi connectivity index (χ2v) is 10.4. The predicted molar refractivity (Wildman–Crippen MR) is 118 cm³/mol. The molecular formula is C21H33N5OS. The van der Waals surface area contributed by atoms with Gasteiger partial charge in [0.15, 0.2) is 0 Å². The number of imidazole rings is 1. The number of ether oxygens (including phenoxy) is 1. The maximum absolute atomic E-state index is 5.90. The summed E-state index contributed by atoms with van der Waals surface area (Å²) in [5.74, 6) is 1.84. The van der Waals surface area contributed by atoms with Gasteiger partial charge < -0.3 is 19.3 Å². The van der Waals surface area contributed by atoms with E-state index in [2.05, 4.69) is 59.2 Å². The van der Waals surface area contributed by atoms with Crippen LogP contribution in [0, 0.1) is 5.92 Å². The first kappa shape index (κ1) is 20.0. The molecule has 0 atom stereocenters. The summed E-state index contributed by atoms with van der Waals surface area (Å²) < 4.78 is 12.5. The maximum Gasteiger partial charge on any atom is 0.115 e. The summed E-state index contributed by atoms with van der Waals surface area (Å²) in [6.45, 7) is 11.5. The van der Waals surface area contributed by atoms with E-state index in [1.165, 1.54) is 17.0 Å². The van der Waals surface area contributed by atoms with Crippen molar-refractivity contribution in [1.29, 1.82) is 0 Å². The number of nitrogens with two attached hydrogens (primary N) is 1. The predicted octanol–water partition coefficient (Wildman–Crippen LogP) is 3.40. The third kappa shape index (κ3) is 4.17. The van der Waals surface area contributed by atoms with Crippen LogP contribution in [-0.4, -0.2) is 53.2 Å². The zero-order valence-corrected chi connectivity index (χ0v) is 18.3. The van der Waals surface area contributed by atoms with E-state index < -0.39 is 0 Å². The topological polar surface area (TPSA) is 59.5 Å². The Balaban J connectivity index is 1.61. The first-order chi connectivity index (χ1) is 13.3. The molecular weight excluding hydrogens is 370 g/mol. The number of aromatic nitrogens is 2. The van der Waals surface area contributed by atoms with Crippen molar-refractivity contribution in [3.05, 3.63) is 24.0 Å². The van der Waals surface area contributed by atoms with Crippen LogP contribution in [0.3, 0.4) is 0 Å². The number of nitrogens with zero attached hydrogens (tertiary/aromatic N) is 4. The Bertz CT molecular complexity index is 818. The van der Waals surface area contributed by atoms with Gasteiger partial charge in [-0.2, -0.15) is 0 Å². The highest BCUT2D eigenvalue weighted by Crippen LogP contribution is 2.33. The fourth-order valence-electron chi connectivity index (χ4n) is 4.02. The third-order valence-corrected chi connectivity index (χ3v) is 6.65. The molecule has 2 aromatic rings. The molecule has 0 bridgehead atoms. The lowest BCUT2D eigenvalue weighted by Gasteiger charge is -2.37. The first-order valence-electron chi connectivity index (χ1n) is 10.3. The lowest BCUT2D eigenvalue weighted by atomic mass is 9.94. The van der Waals surface area contributed by atoms with Crippen molar-refractivity contribution in [3.63, 3.8) is 0 Å². The van der Waals surface area contributed by atoms with Gasteiger partial charge >= 0.3 is 0 Å². The lowest BCUT2D eigenvalue weighted by Crippen LogP contribution is -2.53. The van der Waals surface area contributed by atoms with E-state index >= 15 is 0 Å². The molecule has 2 N–H and O–H groups in total. The first-order valence-corrected chi connectivity index (χ1v) is 11.0. The fraction of sp³-hybridized carbons (Fsp3) is 0.667. The normalized spacial score (nSPS) is 19.9. The molecule has 28 heavy (non-hydrogen) atoms. The summed E-state index contributed by atoms with van der Waals surface area (Å²) in [5.41, 5.74) is 9.41. The van der Waals surface area contributed by atoms with Crippen molar-refractivity contribution in [2.24, 2.45) is 11.7 Å². The molecule has 4 rings (SSSR count). The van der Waals surface area contributed by atoms with Crippen LogP contribution in [0.15, 0.2) is 18.2 Å². The van der Waals surface area contributed by atoms with Crippen molar-refractivity contribution in [3.8, 4) is 0 Å². The van der Waals surface area contributed by atoms with Crippen molar-refractivity contribution in [1.82, 2.24) is 13.9 Å². The van der Waals surface area contributed by atoms with Crippen LogP contribution in [0.4, 0.5) is 5.69 Å². The molecule has 0 aliphatic carbocycles. The molecule has 2 fully saturated rings. The fourth-order valence-corrected chi connectivity index (χ4v) is 5.09. The standard InChI is InChI=1S/C21H33N5OS/c1-21(2,3)20-23-18-11-17(24(4)28-25-13-16(22)14-25)5-6-19(18)26(20)12-15-7-9-27-10-8-15/h5-6,11,15-16H,7-10,12-14,22H2,1-4H3. The summed E-state index contributed by atoms with van der Waals surface area (Å²) in [5, 5.41) is 0. The Kier molecular flexibility index (Phi) is 5.62. The Hall–Kier alpha value is -1.28. The second kappa shape index (κ2) is 7.86. The van der Waals surface area contributed by atoms with Gasteiger partial charge in [0.2, 0.25) is 0 Å². The van der Waals surface area contributed by atoms with E-state index in [1.807, 2.05) is 0 Å². The molecule has 0 unspecified atom stereocenters. The lowest BCUT2D eigenvalue weighted by molar-refractivity contribution is 0.0611. The minimum atomic E-state index is 0.0127. The van der Waals surface area contributed by atoms with Gasteiger partial charge in [-0.25, -0.2) is 9.29 Å². The molecule has 154 valence electrons. The van der Waals surface area contributed by atoms with E-state index in [0.29, 0.717) is 12.0 Å². The average molecular weight is 404 g/mol. The number of benzene rings is 1. The maximum atomic E-state index is 5.90. The highest BCUT2D eigenvalue weighted by molar-refractivity contribution is 7.98. The van der Waals surface area contributed by atoms with Crippen LogP contribution >= 0.6 is 12.1 Å². The second-order valence-electron chi connectivity index (χ2n) is 9.21. The number of rotatable bonds is 5. The molecule has 0 radical (unpaired) electrons. The van der Waals surface area contributed by atoms with Crippen molar-refractivity contribution < 1.29 is 4.74 Å². The molecule has 2 aliphatic rings. The van der Waals surface area contributed by atoms with E-state index in [1.54, 1.807) is 12.1 Å².